The van der Waals surface area contributed by atoms with E-state index >= 15 is 0 Å². The highest BCUT2D eigenvalue weighted by molar-refractivity contribution is 5.77. The van der Waals surface area contributed by atoms with Gasteiger partial charge in [-0.3, -0.25) is 9.69 Å². The molecule has 5 saturated carbocycles. The molecule has 56 heavy (non-hydrogen) atoms. The van der Waals surface area contributed by atoms with Gasteiger partial charge in [0.25, 0.3) is 0 Å². The molecule has 0 bridgehead atoms. The van der Waals surface area contributed by atoms with Gasteiger partial charge in [-0.2, -0.15) is 0 Å². The van der Waals surface area contributed by atoms with E-state index in [1.807, 2.05) is 0 Å². The number of aliphatic hydroxyl groups excluding tert-OH is 1. The minimum absolute atomic E-state index is 0.0103. The van der Waals surface area contributed by atoms with E-state index < -0.39 is 0 Å². The number of allylic oxidation sites excluding steroid dienone is 3. The third kappa shape index (κ3) is 7.37. The van der Waals surface area contributed by atoms with Gasteiger partial charge in [-0.15, -0.1) is 0 Å². The van der Waals surface area contributed by atoms with Crippen LogP contribution in [-0.4, -0.2) is 90.7 Å². The fourth-order valence-electron chi connectivity index (χ4n) is 15.6. The van der Waals surface area contributed by atoms with Crippen LogP contribution in [-0.2, 0) is 9.53 Å². The van der Waals surface area contributed by atoms with Gasteiger partial charge in [0.15, 0.2) is 0 Å². The number of rotatable bonds is 13. The molecular formula is C49H84N4O3. The first-order valence-corrected chi connectivity index (χ1v) is 22.8. The summed E-state index contributed by atoms with van der Waals surface area (Å²) >= 11 is 0. The van der Waals surface area contributed by atoms with Crippen LogP contribution in [0, 0.1) is 56.2 Å². The smallest absolute Gasteiger partial charge is 0.223 e. The summed E-state index contributed by atoms with van der Waals surface area (Å²) < 4.78 is 6.83. The number of nitrogens with zero attached hydrogens (tertiary/aromatic N) is 3. The molecule has 6 rings (SSSR count). The molecule has 7 nitrogen and oxygen atoms in total. The average molecular weight is 777 g/mol. The number of nitrogens with two attached hydrogens (primary N) is 1. The second-order valence-electron chi connectivity index (χ2n) is 23.0. The Balaban J connectivity index is 1.20. The van der Waals surface area contributed by atoms with Gasteiger partial charge in [-0.1, -0.05) is 73.8 Å². The number of piperazine rings is 1. The first-order chi connectivity index (χ1) is 25.9. The van der Waals surface area contributed by atoms with Crippen LogP contribution in [0.1, 0.15) is 145 Å². The maximum atomic E-state index is 14.4. The van der Waals surface area contributed by atoms with Crippen LogP contribution in [0.5, 0.6) is 0 Å². The van der Waals surface area contributed by atoms with E-state index in [1.165, 1.54) is 37.7 Å². The number of hydrogen-bond donors (Lipinski definition) is 2. The van der Waals surface area contributed by atoms with Crippen molar-refractivity contribution in [3.05, 3.63) is 36.8 Å². The normalized spacial score (nSPS) is 40.9. The molecule has 1 aliphatic heterocycles. The van der Waals surface area contributed by atoms with E-state index in [4.69, 9.17) is 10.5 Å². The Hall–Kier alpha value is -1.83. The molecule has 0 radical (unpaired) electrons. The van der Waals surface area contributed by atoms with Crippen molar-refractivity contribution in [3.63, 3.8) is 0 Å². The van der Waals surface area contributed by atoms with Crippen molar-refractivity contribution in [1.82, 2.24) is 14.7 Å². The van der Waals surface area contributed by atoms with Crippen molar-refractivity contribution in [2.24, 2.45) is 61.9 Å². The van der Waals surface area contributed by atoms with Gasteiger partial charge >= 0.3 is 0 Å². The highest BCUT2D eigenvalue weighted by atomic mass is 16.5. The number of ether oxygens (including phenoxy) is 1. The zero-order valence-electron chi connectivity index (χ0n) is 37.8. The molecule has 2 unspecified atom stereocenters. The van der Waals surface area contributed by atoms with Crippen LogP contribution in [0.4, 0.5) is 0 Å². The van der Waals surface area contributed by atoms with E-state index in [0.29, 0.717) is 48.8 Å². The van der Waals surface area contributed by atoms with Crippen molar-refractivity contribution in [3.8, 4) is 0 Å². The predicted octanol–water partition coefficient (Wildman–Crippen LogP) is 9.99. The van der Waals surface area contributed by atoms with Gasteiger partial charge in [0.2, 0.25) is 5.91 Å². The lowest BCUT2D eigenvalue weighted by atomic mass is 9.30. The lowest BCUT2D eigenvalue weighted by molar-refractivity contribution is -0.255. The minimum atomic E-state index is -0.328. The Kier molecular flexibility index (Phi) is 12.0. The Morgan fingerprint density at radius 3 is 2.16 bits per heavy atom. The van der Waals surface area contributed by atoms with E-state index in [-0.39, 0.29) is 49.9 Å². The van der Waals surface area contributed by atoms with Gasteiger partial charge in [-0.05, 0) is 155 Å². The SMILES string of the molecule is C=C(O)CC(C)(C)CC(=C)OC1CC[C@]2(C)[C@H]3CCC4(N)[C@H]5[C@H](C(=C)C)CC[C@]5(CC(=O)N5CCN(CCCN(C)C)CC5)CC[C@@]4(C)[C@]3(C)CC[C@H]2C1(C)C. The summed E-state index contributed by atoms with van der Waals surface area (Å²) in [5.41, 5.74) is 9.31. The third-order valence-electron chi connectivity index (χ3n) is 18.4. The highest BCUT2D eigenvalue weighted by Gasteiger charge is 2.75. The van der Waals surface area contributed by atoms with Crippen LogP contribution < -0.4 is 5.73 Å². The molecule has 10 atom stereocenters. The van der Waals surface area contributed by atoms with E-state index in [0.717, 1.165) is 83.6 Å². The second-order valence-corrected chi connectivity index (χ2v) is 23.0. The third-order valence-corrected chi connectivity index (χ3v) is 18.4. The summed E-state index contributed by atoms with van der Waals surface area (Å²) in [4.78, 5) is 21.4. The monoisotopic (exact) mass is 777 g/mol. The molecular weight excluding hydrogens is 693 g/mol. The number of aliphatic hydroxyl groups is 1. The molecule has 1 amide bonds. The molecule has 6 fully saturated rings. The molecule has 1 heterocycles. The molecule has 1 saturated heterocycles. The highest BCUT2D eigenvalue weighted by Crippen LogP contribution is 2.78. The molecule has 0 aromatic carbocycles. The van der Waals surface area contributed by atoms with Crippen LogP contribution in [0.2, 0.25) is 0 Å². The maximum Gasteiger partial charge on any atom is 0.223 e. The van der Waals surface area contributed by atoms with Crippen LogP contribution in [0.25, 0.3) is 0 Å². The largest absolute Gasteiger partial charge is 0.513 e. The number of carbonyl (C=O) groups excluding carboxylic acids is 1. The number of carbonyl (C=O) groups is 1. The Morgan fingerprint density at radius 2 is 1.54 bits per heavy atom. The van der Waals surface area contributed by atoms with E-state index in [9.17, 15) is 9.90 Å². The van der Waals surface area contributed by atoms with Gasteiger partial charge in [0.1, 0.15) is 6.10 Å². The second kappa shape index (κ2) is 15.3. The van der Waals surface area contributed by atoms with Crippen LogP contribution in [0.15, 0.2) is 36.8 Å². The van der Waals surface area contributed by atoms with Crippen molar-refractivity contribution in [2.75, 3.05) is 53.4 Å². The quantitative estimate of drug-likeness (QED) is 0.143. The van der Waals surface area contributed by atoms with Crippen molar-refractivity contribution >= 4 is 5.91 Å². The fourth-order valence-corrected chi connectivity index (χ4v) is 15.6. The summed E-state index contributed by atoms with van der Waals surface area (Å²) in [7, 11) is 4.29. The summed E-state index contributed by atoms with van der Waals surface area (Å²) in [6, 6.07) is 0. The van der Waals surface area contributed by atoms with Crippen LogP contribution in [0.3, 0.4) is 0 Å². The first-order valence-electron chi connectivity index (χ1n) is 22.8. The zero-order chi connectivity index (χ0) is 41.3. The Labute approximate surface area is 343 Å². The van der Waals surface area contributed by atoms with Gasteiger partial charge in [-0.25, -0.2) is 0 Å². The summed E-state index contributed by atoms with van der Waals surface area (Å²) in [6.07, 6.45) is 14.5. The maximum absolute atomic E-state index is 14.4. The van der Waals surface area contributed by atoms with Gasteiger partial charge in [0.05, 0.1) is 11.5 Å². The molecule has 0 aromatic heterocycles. The Bertz CT molecular complexity index is 1510. The number of hydrogen-bond acceptors (Lipinski definition) is 6. The Morgan fingerprint density at radius 1 is 0.875 bits per heavy atom. The average Bonchev–Trinajstić information content (AvgIpc) is 3.47. The topological polar surface area (TPSA) is 82.3 Å². The molecule has 318 valence electrons. The van der Waals surface area contributed by atoms with E-state index in [1.54, 1.807) is 0 Å². The lowest BCUT2D eigenvalue weighted by Gasteiger charge is -2.75. The van der Waals surface area contributed by atoms with E-state index in [2.05, 4.69) is 104 Å². The zero-order valence-corrected chi connectivity index (χ0v) is 37.8. The van der Waals surface area contributed by atoms with Gasteiger partial charge in [0, 0.05) is 56.4 Å². The summed E-state index contributed by atoms with van der Waals surface area (Å²) in [6.45, 7) is 38.1. The molecule has 7 heteroatoms. The van der Waals surface area contributed by atoms with Crippen LogP contribution >= 0.6 is 0 Å². The standard InChI is InChI=1S/C49H84N4O3/c1-34(2)37-15-21-48(33-41(55)53-29-27-52(28-30-53)26-14-25-51(12)13)24-23-47(11)46(10)20-16-38-44(7,8)40(56-36(4)32-43(5,6)31-35(3)54)18-19-45(38,9)39(46)17-22-49(47,50)42(37)48/h37-40,42,54H,1,3-4,14-33,50H2,2,5-13H3/t37-,38-,39+,40?,42-,45-,46+,47-,48+,49?/m0/s1. The molecule has 3 N–H and O–H groups in total. The predicted molar refractivity (Wildman–Crippen MR) is 232 cm³/mol. The van der Waals surface area contributed by atoms with Crippen molar-refractivity contribution in [2.45, 2.75) is 157 Å². The number of fused-ring (bicyclic) bond motifs is 7. The first kappa shape index (κ1) is 43.7. The molecule has 0 spiro atoms. The lowest BCUT2D eigenvalue weighted by Crippen LogP contribution is -2.76. The summed E-state index contributed by atoms with van der Waals surface area (Å²) in [5, 5.41) is 9.91. The van der Waals surface area contributed by atoms with Crippen molar-refractivity contribution < 1.29 is 14.6 Å². The van der Waals surface area contributed by atoms with Gasteiger partial charge < -0.3 is 25.4 Å². The molecule has 6 aliphatic rings. The summed E-state index contributed by atoms with van der Waals surface area (Å²) in [5.74, 6) is 3.26. The molecule has 5 aliphatic carbocycles. The number of amides is 1. The van der Waals surface area contributed by atoms with Crippen molar-refractivity contribution in [1.29, 1.82) is 0 Å². The minimum Gasteiger partial charge on any atom is -0.513 e. The fraction of sp³-hybridized carbons (Fsp3) is 0.857. The molecule has 0 aromatic rings.